The predicted octanol–water partition coefficient (Wildman–Crippen LogP) is 1.96. The van der Waals surface area contributed by atoms with Crippen LogP contribution in [-0.4, -0.2) is 30.6 Å². The summed E-state index contributed by atoms with van der Waals surface area (Å²) >= 11 is 1.52. The van der Waals surface area contributed by atoms with Crippen LogP contribution in [0.2, 0.25) is 0 Å². The van der Waals surface area contributed by atoms with Gasteiger partial charge < -0.3 is 15.8 Å². The van der Waals surface area contributed by atoms with Crippen LogP contribution in [0.4, 0.5) is 0 Å². The molecular weight excluding hydrogens is 286 g/mol. The van der Waals surface area contributed by atoms with Crippen molar-refractivity contribution >= 4 is 17.2 Å². The fourth-order valence-corrected chi connectivity index (χ4v) is 2.70. The van der Waals surface area contributed by atoms with E-state index >= 15 is 0 Å². The van der Waals surface area contributed by atoms with E-state index in [9.17, 15) is 4.79 Å². The molecule has 112 valence electrons. The molecule has 0 aliphatic rings. The van der Waals surface area contributed by atoms with Gasteiger partial charge in [0.1, 0.15) is 11.0 Å². The van der Waals surface area contributed by atoms with E-state index in [4.69, 9.17) is 10.5 Å². The fraction of sp³-hybridized carbons (Fsp3) is 0.333. The van der Waals surface area contributed by atoms with Gasteiger partial charge in [-0.3, -0.25) is 4.79 Å². The Hall–Kier alpha value is -1.76. The molecule has 3 N–H and O–H groups in total. The summed E-state index contributed by atoms with van der Waals surface area (Å²) in [6, 6.07) is 9.10. The van der Waals surface area contributed by atoms with Gasteiger partial charge in [-0.15, -0.1) is 11.3 Å². The lowest BCUT2D eigenvalue weighted by molar-refractivity contribution is -0.124. The van der Waals surface area contributed by atoms with Crippen LogP contribution in [0, 0.1) is 0 Å². The van der Waals surface area contributed by atoms with Crippen molar-refractivity contribution in [2.75, 3.05) is 13.7 Å². The fourth-order valence-electron chi connectivity index (χ4n) is 1.87. The number of thiazole rings is 1. The third kappa shape index (κ3) is 4.10. The minimum Gasteiger partial charge on any atom is -0.383 e. The average molecular weight is 305 g/mol. The zero-order valence-corrected chi connectivity index (χ0v) is 12.9. The third-order valence-electron chi connectivity index (χ3n) is 3.00. The average Bonchev–Trinajstić information content (AvgIpc) is 2.98. The van der Waals surface area contributed by atoms with Gasteiger partial charge in [0.05, 0.1) is 18.3 Å². The van der Waals surface area contributed by atoms with Crippen molar-refractivity contribution in [3.05, 3.63) is 40.7 Å². The van der Waals surface area contributed by atoms with Crippen molar-refractivity contribution in [1.82, 2.24) is 10.3 Å². The molecule has 1 heterocycles. The molecule has 1 amide bonds. The predicted molar refractivity (Wildman–Crippen MR) is 84.0 cm³/mol. The van der Waals surface area contributed by atoms with Crippen LogP contribution in [0.25, 0.3) is 11.3 Å². The van der Waals surface area contributed by atoms with E-state index in [1.165, 1.54) is 18.4 Å². The lowest BCUT2D eigenvalue weighted by Gasteiger charge is -2.15. The molecule has 5 nitrogen and oxygen atoms in total. The Labute approximate surface area is 128 Å². The Morgan fingerprint density at radius 2 is 2.14 bits per heavy atom. The molecule has 21 heavy (non-hydrogen) atoms. The summed E-state index contributed by atoms with van der Waals surface area (Å²) in [5, 5.41) is 5.69. The second kappa shape index (κ2) is 7.31. The molecule has 0 saturated carbocycles. The topological polar surface area (TPSA) is 77.2 Å². The molecule has 0 radical (unpaired) electrons. The SMILES string of the molecule is COCC(N)C(=O)NC(C)c1nc(-c2ccccc2)cs1. The number of carbonyl (C=O) groups excluding carboxylic acids is 1. The van der Waals surface area contributed by atoms with Gasteiger partial charge in [-0.25, -0.2) is 4.98 Å². The number of hydrogen-bond donors (Lipinski definition) is 2. The number of amides is 1. The van der Waals surface area contributed by atoms with Crippen LogP contribution in [0.3, 0.4) is 0 Å². The number of nitrogens with one attached hydrogen (secondary N) is 1. The number of carbonyl (C=O) groups is 1. The Morgan fingerprint density at radius 1 is 1.43 bits per heavy atom. The Bertz CT molecular complexity index is 586. The summed E-state index contributed by atoms with van der Waals surface area (Å²) < 4.78 is 4.88. The Kier molecular flexibility index (Phi) is 5.44. The maximum atomic E-state index is 11.9. The molecule has 0 fully saturated rings. The number of rotatable bonds is 6. The Balaban J connectivity index is 2.02. The van der Waals surface area contributed by atoms with E-state index in [1.807, 2.05) is 42.6 Å². The van der Waals surface area contributed by atoms with Gasteiger partial charge in [0.25, 0.3) is 0 Å². The molecule has 1 aromatic carbocycles. The summed E-state index contributed by atoms with van der Waals surface area (Å²) in [5.74, 6) is -0.235. The molecule has 0 aliphatic carbocycles. The monoisotopic (exact) mass is 305 g/mol. The maximum absolute atomic E-state index is 11.9. The number of aromatic nitrogens is 1. The largest absolute Gasteiger partial charge is 0.383 e. The van der Waals surface area contributed by atoms with E-state index in [2.05, 4.69) is 10.3 Å². The van der Waals surface area contributed by atoms with Crippen LogP contribution in [0.15, 0.2) is 35.7 Å². The van der Waals surface area contributed by atoms with Crippen molar-refractivity contribution in [2.45, 2.75) is 19.0 Å². The highest BCUT2D eigenvalue weighted by molar-refractivity contribution is 7.10. The summed E-state index contributed by atoms with van der Waals surface area (Å²) in [5.41, 5.74) is 7.68. The summed E-state index contributed by atoms with van der Waals surface area (Å²) in [7, 11) is 1.52. The quantitative estimate of drug-likeness (QED) is 0.855. The molecule has 2 atom stereocenters. The van der Waals surface area contributed by atoms with Gasteiger partial charge in [-0.2, -0.15) is 0 Å². The number of methoxy groups -OCH3 is 1. The smallest absolute Gasteiger partial charge is 0.239 e. The molecule has 2 unspecified atom stereocenters. The first kappa shape index (κ1) is 15.6. The zero-order valence-electron chi connectivity index (χ0n) is 12.1. The first-order chi connectivity index (χ1) is 10.1. The maximum Gasteiger partial charge on any atom is 0.239 e. The van der Waals surface area contributed by atoms with E-state index in [-0.39, 0.29) is 18.6 Å². The normalized spacial score (nSPS) is 13.7. The van der Waals surface area contributed by atoms with Crippen molar-refractivity contribution in [3.8, 4) is 11.3 Å². The molecule has 0 aliphatic heterocycles. The van der Waals surface area contributed by atoms with Crippen LogP contribution < -0.4 is 11.1 Å². The molecular formula is C15H19N3O2S. The van der Waals surface area contributed by atoms with Crippen LogP contribution in [-0.2, 0) is 9.53 Å². The van der Waals surface area contributed by atoms with Crippen LogP contribution in [0.1, 0.15) is 18.0 Å². The number of ether oxygens (including phenoxy) is 1. The highest BCUT2D eigenvalue weighted by Crippen LogP contribution is 2.25. The van der Waals surface area contributed by atoms with Crippen LogP contribution in [0.5, 0.6) is 0 Å². The van der Waals surface area contributed by atoms with E-state index in [1.54, 1.807) is 0 Å². The van der Waals surface area contributed by atoms with Gasteiger partial charge in [0.15, 0.2) is 0 Å². The minimum atomic E-state index is -0.661. The highest BCUT2D eigenvalue weighted by atomic mass is 32.1. The van der Waals surface area contributed by atoms with Gasteiger partial charge in [0.2, 0.25) is 5.91 Å². The second-order valence-electron chi connectivity index (χ2n) is 4.73. The van der Waals surface area contributed by atoms with E-state index in [0.717, 1.165) is 16.3 Å². The van der Waals surface area contributed by atoms with Crippen molar-refractivity contribution in [1.29, 1.82) is 0 Å². The van der Waals surface area contributed by atoms with Crippen LogP contribution >= 0.6 is 11.3 Å². The minimum absolute atomic E-state index is 0.178. The molecule has 1 aromatic heterocycles. The molecule has 0 saturated heterocycles. The van der Waals surface area contributed by atoms with E-state index in [0.29, 0.717) is 0 Å². The lowest BCUT2D eigenvalue weighted by atomic mass is 10.2. The third-order valence-corrected chi connectivity index (χ3v) is 4.03. The molecule has 2 aromatic rings. The standard InChI is InChI=1S/C15H19N3O2S/c1-10(17-14(19)12(16)8-20-2)15-18-13(9-21-15)11-6-4-3-5-7-11/h3-7,9-10,12H,8,16H2,1-2H3,(H,17,19). The highest BCUT2D eigenvalue weighted by Gasteiger charge is 2.18. The number of nitrogens with zero attached hydrogens (tertiary/aromatic N) is 1. The summed E-state index contributed by atoms with van der Waals surface area (Å²) in [6.45, 7) is 2.09. The van der Waals surface area contributed by atoms with Crippen molar-refractivity contribution in [3.63, 3.8) is 0 Å². The van der Waals surface area contributed by atoms with Gasteiger partial charge in [0, 0.05) is 18.1 Å². The number of hydrogen-bond acceptors (Lipinski definition) is 5. The van der Waals surface area contributed by atoms with E-state index < -0.39 is 6.04 Å². The van der Waals surface area contributed by atoms with Gasteiger partial charge >= 0.3 is 0 Å². The summed E-state index contributed by atoms with van der Waals surface area (Å²) in [4.78, 5) is 16.4. The zero-order chi connectivity index (χ0) is 15.2. The first-order valence-electron chi connectivity index (χ1n) is 6.67. The number of nitrogens with two attached hydrogens (primary N) is 1. The van der Waals surface area contributed by atoms with Crippen molar-refractivity contribution < 1.29 is 9.53 Å². The molecule has 0 bridgehead atoms. The second-order valence-corrected chi connectivity index (χ2v) is 5.62. The van der Waals surface area contributed by atoms with Crippen molar-refractivity contribution in [2.24, 2.45) is 5.73 Å². The van der Waals surface area contributed by atoms with Gasteiger partial charge in [-0.05, 0) is 6.92 Å². The molecule has 2 rings (SSSR count). The lowest BCUT2D eigenvalue weighted by Crippen LogP contribution is -2.44. The molecule has 6 heteroatoms. The Morgan fingerprint density at radius 3 is 2.81 bits per heavy atom. The first-order valence-corrected chi connectivity index (χ1v) is 7.55. The van der Waals surface area contributed by atoms with Gasteiger partial charge in [-0.1, -0.05) is 30.3 Å². The molecule has 0 spiro atoms. The summed E-state index contributed by atoms with van der Waals surface area (Å²) in [6.07, 6.45) is 0. The number of benzene rings is 1.